The number of anilines is 1. The van der Waals surface area contributed by atoms with Crippen LogP contribution < -0.4 is 5.32 Å². The van der Waals surface area contributed by atoms with Gasteiger partial charge in [0.15, 0.2) is 0 Å². The highest BCUT2D eigenvalue weighted by Gasteiger charge is 2.36. The Morgan fingerprint density at radius 2 is 1.74 bits per heavy atom. The van der Waals surface area contributed by atoms with Crippen molar-refractivity contribution in [3.8, 4) is 0 Å². The van der Waals surface area contributed by atoms with Crippen LogP contribution in [0, 0.1) is 6.92 Å². The first kappa shape index (κ1) is 16.8. The normalized spacial score (nSPS) is 13.0. The van der Waals surface area contributed by atoms with Gasteiger partial charge in [0, 0.05) is 11.3 Å². The molecule has 2 heterocycles. The first-order valence-corrected chi connectivity index (χ1v) is 8.43. The molecule has 27 heavy (non-hydrogen) atoms. The molecule has 0 aliphatic carbocycles. The third-order valence-electron chi connectivity index (χ3n) is 4.44. The van der Waals surface area contributed by atoms with Gasteiger partial charge in [0.05, 0.1) is 23.9 Å². The van der Waals surface area contributed by atoms with Gasteiger partial charge in [0.25, 0.3) is 17.7 Å². The largest absolute Gasteiger partial charge is 0.467 e. The zero-order valence-electron chi connectivity index (χ0n) is 14.6. The maximum Gasteiger partial charge on any atom is 0.261 e. The molecule has 1 aliphatic rings. The number of hydrogen-bond acceptors (Lipinski definition) is 4. The molecule has 3 aromatic rings. The van der Waals surface area contributed by atoms with Crippen LogP contribution in [0.25, 0.3) is 0 Å². The topological polar surface area (TPSA) is 79.6 Å². The van der Waals surface area contributed by atoms with Crippen molar-refractivity contribution >= 4 is 23.4 Å². The van der Waals surface area contributed by atoms with E-state index >= 15 is 0 Å². The summed E-state index contributed by atoms with van der Waals surface area (Å²) in [6.07, 6.45) is 1.49. The monoisotopic (exact) mass is 360 g/mol. The first-order chi connectivity index (χ1) is 13.0. The molecule has 1 aliphatic heterocycles. The molecule has 0 fully saturated rings. The highest BCUT2D eigenvalue weighted by atomic mass is 16.3. The van der Waals surface area contributed by atoms with Crippen molar-refractivity contribution in [2.45, 2.75) is 13.5 Å². The minimum atomic E-state index is -0.434. The molecule has 0 radical (unpaired) electrons. The first-order valence-electron chi connectivity index (χ1n) is 8.43. The zero-order chi connectivity index (χ0) is 19.0. The van der Waals surface area contributed by atoms with Gasteiger partial charge < -0.3 is 9.73 Å². The number of nitrogens with zero attached hydrogens (tertiary/aromatic N) is 1. The van der Waals surface area contributed by atoms with Gasteiger partial charge in [-0.1, -0.05) is 17.7 Å². The van der Waals surface area contributed by atoms with Gasteiger partial charge in [-0.15, -0.1) is 0 Å². The van der Waals surface area contributed by atoms with Gasteiger partial charge in [0.2, 0.25) is 0 Å². The number of hydrogen-bond donors (Lipinski definition) is 1. The summed E-state index contributed by atoms with van der Waals surface area (Å²) in [6.45, 7) is 2.02. The van der Waals surface area contributed by atoms with E-state index < -0.39 is 11.8 Å². The number of carbonyl (C=O) groups is 3. The maximum absolute atomic E-state index is 12.6. The van der Waals surface area contributed by atoms with Gasteiger partial charge >= 0.3 is 0 Å². The predicted octanol–water partition coefficient (Wildman–Crippen LogP) is 3.64. The van der Waals surface area contributed by atoms with E-state index in [2.05, 4.69) is 5.32 Å². The Labute approximate surface area is 155 Å². The summed E-state index contributed by atoms with van der Waals surface area (Å²) in [5.41, 5.74) is 2.58. The number of rotatable bonds is 4. The van der Waals surface area contributed by atoms with Crippen molar-refractivity contribution in [1.29, 1.82) is 0 Å². The molecule has 0 saturated heterocycles. The fraction of sp³-hybridized carbons (Fsp3) is 0.0952. The van der Waals surface area contributed by atoms with E-state index in [1.54, 1.807) is 30.3 Å². The molecule has 0 unspecified atom stereocenters. The second-order valence-electron chi connectivity index (χ2n) is 6.36. The average molecular weight is 360 g/mol. The molecule has 0 atom stereocenters. The minimum absolute atomic E-state index is 0.0598. The number of amides is 3. The Balaban J connectivity index is 1.57. The Kier molecular flexibility index (Phi) is 4.08. The van der Waals surface area contributed by atoms with Crippen molar-refractivity contribution in [2.75, 3.05) is 5.32 Å². The fourth-order valence-electron chi connectivity index (χ4n) is 2.97. The van der Waals surface area contributed by atoms with E-state index in [0.717, 1.165) is 10.5 Å². The van der Waals surface area contributed by atoms with Crippen LogP contribution in [-0.4, -0.2) is 22.6 Å². The van der Waals surface area contributed by atoms with Crippen molar-refractivity contribution < 1.29 is 18.8 Å². The van der Waals surface area contributed by atoms with Crippen LogP contribution >= 0.6 is 0 Å². The molecule has 134 valence electrons. The van der Waals surface area contributed by atoms with Crippen LogP contribution in [0.1, 0.15) is 42.4 Å². The highest BCUT2D eigenvalue weighted by Crippen LogP contribution is 2.26. The van der Waals surface area contributed by atoms with Crippen LogP contribution in [-0.2, 0) is 6.54 Å². The number of imide groups is 1. The lowest BCUT2D eigenvalue weighted by molar-refractivity contribution is 0.0631. The molecule has 0 bridgehead atoms. The Bertz CT molecular complexity index is 1040. The molecule has 0 spiro atoms. The van der Waals surface area contributed by atoms with Crippen LogP contribution in [0.4, 0.5) is 5.69 Å². The quantitative estimate of drug-likeness (QED) is 0.721. The van der Waals surface area contributed by atoms with E-state index in [-0.39, 0.29) is 18.0 Å². The maximum atomic E-state index is 12.6. The van der Waals surface area contributed by atoms with Crippen molar-refractivity contribution in [1.82, 2.24) is 4.90 Å². The van der Waals surface area contributed by atoms with E-state index in [1.165, 1.54) is 18.4 Å². The van der Waals surface area contributed by atoms with Crippen LogP contribution in [0.2, 0.25) is 0 Å². The van der Waals surface area contributed by atoms with Crippen molar-refractivity contribution in [2.24, 2.45) is 0 Å². The Hall–Kier alpha value is -3.67. The van der Waals surface area contributed by atoms with Crippen LogP contribution in [0.5, 0.6) is 0 Å². The second-order valence-corrected chi connectivity index (χ2v) is 6.36. The molecular formula is C21H16N2O4. The summed E-state index contributed by atoms with van der Waals surface area (Å²) in [5.74, 6) is -0.651. The molecule has 6 heteroatoms. The number of nitrogens with one attached hydrogen (secondary N) is 1. The molecular weight excluding hydrogens is 344 g/mol. The number of benzene rings is 2. The van der Waals surface area contributed by atoms with E-state index in [9.17, 15) is 14.4 Å². The zero-order valence-corrected chi connectivity index (χ0v) is 14.6. The van der Waals surface area contributed by atoms with Gasteiger partial charge in [-0.3, -0.25) is 19.3 Å². The summed E-state index contributed by atoms with van der Waals surface area (Å²) >= 11 is 0. The van der Waals surface area contributed by atoms with Gasteiger partial charge in [0.1, 0.15) is 5.76 Å². The Morgan fingerprint density at radius 1 is 1.00 bits per heavy atom. The fourth-order valence-corrected chi connectivity index (χ4v) is 2.97. The minimum Gasteiger partial charge on any atom is -0.467 e. The summed E-state index contributed by atoms with van der Waals surface area (Å²) < 4.78 is 5.22. The molecule has 0 saturated carbocycles. The summed E-state index contributed by atoms with van der Waals surface area (Å²) in [6, 6.07) is 15.3. The molecule has 1 N–H and O–H groups in total. The number of furan rings is 1. The summed E-state index contributed by atoms with van der Waals surface area (Å²) in [4.78, 5) is 38.7. The molecule has 4 rings (SSSR count). The summed E-state index contributed by atoms with van der Waals surface area (Å²) in [5, 5.41) is 2.79. The molecule has 1 aromatic heterocycles. The molecule has 2 aromatic carbocycles. The van der Waals surface area contributed by atoms with E-state index in [0.29, 0.717) is 22.6 Å². The summed E-state index contributed by atoms with van der Waals surface area (Å²) in [7, 11) is 0. The molecule has 3 amide bonds. The Morgan fingerprint density at radius 3 is 2.44 bits per heavy atom. The van der Waals surface area contributed by atoms with Crippen LogP contribution in [0.15, 0.2) is 65.3 Å². The van der Waals surface area contributed by atoms with Gasteiger partial charge in [-0.2, -0.15) is 0 Å². The lowest BCUT2D eigenvalue weighted by Crippen LogP contribution is -2.28. The number of aryl methyl sites for hydroxylation is 1. The second kappa shape index (κ2) is 6.57. The predicted molar refractivity (Wildman–Crippen MR) is 98.5 cm³/mol. The van der Waals surface area contributed by atoms with E-state index in [4.69, 9.17) is 4.42 Å². The van der Waals surface area contributed by atoms with Crippen molar-refractivity contribution in [3.63, 3.8) is 0 Å². The smallest absolute Gasteiger partial charge is 0.261 e. The van der Waals surface area contributed by atoms with Crippen molar-refractivity contribution in [3.05, 3.63) is 88.9 Å². The lowest BCUT2D eigenvalue weighted by atomic mass is 10.1. The number of fused-ring (bicyclic) bond motifs is 1. The lowest BCUT2D eigenvalue weighted by Gasteiger charge is -2.11. The average Bonchev–Trinajstić information content (AvgIpc) is 3.26. The molecule has 6 nitrogen and oxygen atoms in total. The third kappa shape index (κ3) is 3.13. The standard InChI is InChI=1S/C21H16N2O4/c1-13-4-7-15(8-5-13)22-19(24)14-6-9-17-18(11-14)21(26)23(20(17)25)12-16-3-2-10-27-16/h2-11H,12H2,1H3,(H,22,24). The van der Waals surface area contributed by atoms with E-state index in [1.807, 2.05) is 19.1 Å². The van der Waals surface area contributed by atoms with Gasteiger partial charge in [-0.25, -0.2) is 0 Å². The SMILES string of the molecule is Cc1ccc(NC(=O)c2ccc3c(c2)C(=O)N(Cc2ccco2)C3=O)cc1. The third-order valence-corrected chi connectivity index (χ3v) is 4.44. The van der Waals surface area contributed by atoms with Crippen LogP contribution in [0.3, 0.4) is 0 Å². The number of carbonyl (C=O) groups excluding carboxylic acids is 3. The van der Waals surface area contributed by atoms with Gasteiger partial charge in [-0.05, 0) is 49.4 Å². The highest BCUT2D eigenvalue weighted by molar-refractivity contribution is 6.22.